The zero-order valence-corrected chi connectivity index (χ0v) is 24.3. The smallest absolute Gasteiger partial charge is 0.207 e. The highest BCUT2D eigenvalue weighted by molar-refractivity contribution is 7.21. The Bertz CT molecular complexity index is 1540. The van der Waals surface area contributed by atoms with E-state index in [0.29, 0.717) is 52.2 Å². The Morgan fingerprint density at radius 3 is 2.57 bits per heavy atom. The van der Waals surface area contributed by atoms with Crippen LogP contribution in [0.3, 0.4) is 0 Å². The number of rotatable bonds is 11. The number of phenols is 1. The molecule has 6 rings (SSSR count). The van der Waals surface area contributed by atoms with Crippen molar-refractivity contribution in [3.05, 3.63) is 76.7 Å². The average Bonchev–Trinajstić information content (AvgIpc) is 3.32. The molecule has 2 fully saturated rings. The second-order valence-electron chi connectivity index (χ2n) is 10.9. The number of phenolic OH excluding ortho intramolecular Hbond substituents is 1. The maximum absolute atomic E-state index is 13.8. The van der Waals surface area contributed by atoms with E-state index in [1.807, 2.05) is 42.5 Å². The fourth-order valence-corrected chi connectivity index (χ4v) is 6.44. The van der Waals surface area contributed by atoms with E-state index in [4.69, 9.17) is 18.9 Å². The van der Waals surface area contributed by atoms with Crippen LogP contribution in [0, 0.1) is 12.8 Å². The van der Waals surface area contributed by atoms with Crippen LogP contribution >= 0.6 is 11.3 Å². The third kappa shape index (κ3) is 6.38. The molecule has 0 radical (unpaired) electrons. The van der Waals surface area contributed by atoms with Crippen LogP contribution in [0.25, 0.3) is 10.1 Å². The van der Waals surface area contributed by atoms with Crippen molar-refractivity contribution >= 4 is 27.2 Å². The van der Waals surface area contributed by atoms with Crippen molar-refractivity contribution in [1.29, 1.82) is 0 Å². The number of hydrogen-bond donors (Lipinski definition) is 1. The van der Waals surface area contributed by atoms with Crippen molar-refractivity contribution in [2.24, 2.45) is 5.92 Å². The lowest BCUT2D eigenvalue weighted by molar-refractivity contribution is -0.105. The Kier molecular flexibility index (Phi) is 8.60. The summed E-state index contributed by atoms with van der Waals surface area (Å²) in [7, 11) is 0. The van der Waals surface area contributed by atoms with Crippen molar-refractivity contribution in [3.63, 3.8) is 0 Å². The molecule has 7 nitrogen and oxygen atoms in total. The van der Waals surface area contributed by atoms with Crippen molar-refractivity contribution in [1.82, 2.24) is 4.90 Å². The minimum Gasteiger partial charge on any atom is -0.508 e. The van der Waals surface area contributed by atoms with Gasteiger partial charge in [0.25, 0.3) is 0 Å². The summed E-state index contributed by atoms with van der Waals surface area (Å²) in [5.74, 6) is 2.53. The number of ketones is 1. The first-order chi connectivity index (χ1) is 20.5. The molecule has 0 bridgehead atoms. The number of alkyl halides is 1. The molecule has 42 heavy (non-hydrogen) atoms. The number of aromatic hydroxyl groups is 1. The van der Waals surface area contributed by atoms with E-state index >= 15 is 0 Å². The fourth-order valence-electron chi connectivity index (χ4n) is 5.33. The van der Waals surface area contributed by atoms with Gasteiger partial charge in [-0.25, -0.2) is 0 Å². The molecular formula is C33H34FNO6S. The first-order valence-electron chi connectivity index (χ1n) is 14.3. The maximum Gasteiger partial charge on any atom is 0.207 e. The van der Waals surface area contributed by atoms with E-state index in [9.17, 15) is 14.3 Å². The van der Waals surface area contributed by atoms with Gasteiger partial charge in [0, 0.05) is 47.6 Å². The van der Waals surface area contributed by atoms with Crippen LogP contribution in [0.5, 0.6) is 28.7 Å². The minimum absolute atomic E-state index is 0.111. The monoisotopic (exact) mass is 591 g/mol. The van der Waals surface area contributed by atoms with Gasteiger partial charge in [-0.2, -0.15) is 0 Å². The molecule has 3 heterocycles. The average molecular weight is 592 g/mol. The van der Waals surface area contributed by atoms with Gasteiger partial charge >= 0.3 is 0 Å². The first-order valence-corrected chi connectivity index (χ1v) is 15.2. The summed E-state index contributed by atoms with van der Waals surface area (Å²) >= 11 is 1.35. The number of carbonyl (C=O) groups is 1. The van der Waals surface area contributed by atoms with Gasteiger partial charge in [0.05, 0.1) is 13.3 Å². The molecule has 1 unspecified atom stereocenters. The zero-order chi connectivity index (χ0) is 29.1. The number of thiophene rings is 1. The lowest BCUT2D eigenvalue weighted by Crippen LogP contribution is -2.49. The standard InChI is InChI=1S/C33H34FNO6S/c1-21-16-23(36)5-11-27(21)31(37)33-32(28-12-10-26(17-29(28)42-33)40-30-4-2-3-14-39-30)41-25-8-6-24(7-9-25)38-15-13-35-19-22(18-34)20-35/h5-12,16-17,22,30,36H,2-4,13-15,18-20H2,1H3. The number of aryl methyl sites for hydroxylation is 1. The molecule has 3 aromatic carbocycles. The van der Waals surface area contributed by atoms with Crippen LogP contribution in [0.4, 0.5) is 4.39 Å². The van der Waals surface area contributed by atoms with Crippen molar-refractivity contribution in [2.75, 3.05) is 39.5 Å². The molecule has 220 valence electrons. The Balaban J connectivity index is 1.23. The lowest BCUT2D eigenvalue weighted by atomic mass is 10.0. The first kappa shape index (κ1) is 28.5. The SMILES string of the molecule is Cc1cc(O)ccc1C(=O)c1sc2cc(OC3CCCCO3)ccc2c1Oc1ccc(OCCN2CC(CF)C2)cc1. The summed E-state index contributed by atoms with van der Waals surface area (Å²) in [5.41, 5.74) is 1.18. The Hall–Kier alpha value is -3.66. The number of nitrogens with zero attached hydrogens (tertiary/aromatic N) is 1. The Morgan fingerprint density at radius 1 is 1.05 bits per heavy atom. The predicted molar refractivity (Wildman–Crippen MR) is 160 cm³/mol. The van der Waals surface area contributed by atoms with E-state index in [1.165, 1.54) is 17.4 Å². The second-order valence-corrected chi connectivity index (χ2v) is 11.9. The summed E-state index contributed by atoms with van der Waals surface area (Å²) in [4.78, 5) is 16.5. The summed E-state index contributed by atoms with van der Waals surface area (Å²) in [5, 5.41) is 10.7. The number of likely N-dealkylation sites (tertiary alicyclic amines) is 1. The van der Waals surface area contributed by atoms with Gasteiger partial charge in [-0.3, -0.25) is 14.1 Å². The van der Waals surface area contributed by atoms with Gasteiger partial charge in [-0.05, 0) is 86.0 Å². The molecular weight excluding hydrogens is 557 g/mol. The number of halogens is 1. The molecule has 1 atom stereocenters. The summed E-state index contributed by atoms with van der Waals surface area (Å²) < 4.78 is 37.6. The van der Waals surface area contributed by atoms with Gasteiger partial charge < -0.3 is 24.1 Å². The topological polar surface area (TPSA) is 77.5 Å². The molecule has 1 aromatic heterocycles. The molecule has 0 aliphatic carbocycles. The van der Waals surface area contributed by atoms with Gasteiger partial charge in [-0.1, -0.05) is 0 Å². The third-order valence-corrected chi connectivity index (χ3v) is 8.79. The van der Waals surface area contributed by atoms with Gasteiger partial charge in [0.15, 0.2) is 12.0 Å². The van der Waals surface area contributed by atoms with Crippen molar-refractivity contribution in [3.8, 4) is 28.7 Å². The van der Waals surface area contributed by atoms with Crippen LogP contribution in [0.1, 0.15) is 40.1 Å². The van der Waals surface area contributed by atoms with E-state index in [2.05, 4.69) is 4.90 Å². The van der Waals surface area contributed by atoms with E-state index in [-0.39, 0.29) is 30.4 Å². The van der Waals surface area contributed by atoms with Gasteiger partial charge in [0.1, 0.15) is 34.5 Å². The van der Waals surface area contributed by atoms with Crippen LogP contribution in [-0.2, 0) is 4.74 Å². The summed E-state index contributed by atoms with van der Waals surface area (Å²) in [6.45, 7) is 5.09. The Labute approximate surface area is 248 Å². The van der Waals surface area contributed by atoms with E-state index < -0.39 is 0 Å². The summed E-state index contributed by atoms with van der Waals surface area (Å²) in [6.07, 6.45) is 2.68. The number of carbonyl (C=O) groups excluding carboxylic acids is 1. The number of fused-ring (bicyclic) bond motifs is 1. The van der Waals surface area contributed by atoms with Crippen molar-refractivity contribution in [2.45, 2.75) is 32.5 Å². The minimum atomic E-state index is -0.272. The maximum atomic E-state index is 13.8. The Morgan fingerprint density at radius 2 is 1.83 bits per heavy atom. The molecule has 4 aromatic rings. The van der Waals surface area contributed by atoms with Crippen molar-refractivity contribution < 1.29 is 33.2 Å². The van der Waals surface area contributed by atoms with Crippen LogP contribution in [0.2, 0.25) is 0 Å². The predicted octanol–water partition coefficient (Wildman–Crippen LogP) is 7.12. The van der Waals surface area contributed by atoms with Crippen LogP contribution < -0.4 is 14.2 Å². The van der Waals surface area contributed by atoms with Crippen LogP contribution in [-0.4, -0.2) is 61.6 Å². The highest BCUT2D eigenvalue weighted by Crippen LogP contribution is 2.43. The van der Waals surface area contributed by atoms with Crippen LogP contribution in [0.15, 0.2) is 60.7 Å². The van der Waals surface area contributed by atoms with E-state index in [1.54, 1.807) is 19.1 Å². The molecule has 1 N–H and O–H groups in total. The second kappa shape index (κ2) is 12.7. The highest BCUT2D eigenvalue weighted by Gasteiger charge is 2.26. The molecule has 0 spiro atoms. The zero-order valence-electron chi connectivity index (χ0n) is 23.5. The lowest BCUT2D eigenvalue weighted by Gasteiger charge is -2.37. The van der Waals surface area contributed by atoms with Gasteiger partial charge in [0.2, 0.25) is 5.78 Å². The highest BCUT2D eigenvalue weighted by atomic mass is 32.1. The molecule has 0 amide bonds. The molecule has 2 aliphatic heterocycles. The fraction of sp³-hybridized carbons (Fsp3) is 0.364. The van der Waals surface area contributed by atoms with E-state index in [0.717, 1.165) is 49.0 Å². The number of benzene rings is 3. The van der Waals surface area contributed by atoms with Gasteiger partial charge in [-0.15, -0.1) is 11.3 Å². The normalized spacial score (nSPS) is 17.6. The third-order valence-electron chi connectivity index (χ3n) is 7.65. The molecule has 9 heteroatoms. The number of ether oxygens (including phenoxy) is 4. The number of hydrogen-bond acceptors (Lipinski definition) is 8. The molecule has 2 saturated heterocycles. The largest absolute Gasteiger partial charge is 0.508 e. The summed E-state index contributed by atoms with van der Waals surface area (Å²) in [6, 6.07) is 17.8. The quantitative estimate of drug-likeness (QED) is 0.186. The molecule has 2 aliphatic rings. The molecule has 0 saturated carbocycles.